The minimum absolute atomic E-state index is 0.0580. The molecule has 0 aliphatic rings. The van der Waals surface area contributed by atoms with Gasteiger partial charge in [-0.1, -0.05) is 30.6 Å². The second-order valence-corrected chi connectivity index (χ2v) is 3.99. The van der Waals surface area contributed by atoms with E-state index in [1.807, 2.05) is 24.3 Å². The van der Waals surface area contributed by atoms with Crippen molar-refractivity contribution in [3.8, 4) is 5.75 Å². The van der Waals surface area contributed by atoms with Crippen molar-refractivity contribution in [2.24, 2.45) is 5.16 Å². The second kappa shape index (κ2) is 8.97. The number of nitrogens with zero attached hydrogens (tertiary/aromatic N) is 1. The van der Waals surface area contributed by atoms with Crippen molar-refractivity contribution in [2.75, 3.05) is 13.2 Å². The predicted octanol–water partition coefficient (Wildman–Crippen LogP) is 2.69. The molecule has 0 saturated heterocycles. The van der Waals surface area contributed by atoms with Gasteiger partial charge < -0.3 is 14.7 Å². The Bertz CT molecular complexity index is 418. The predicted molar refractivity (Wildman–Crippen MR) is 72.6 cm³/mol. The van der Waals surface area contributed by atoms with Crippen molar-refractivity contribution < 1.29 is 19.5 Å². The quantitative estimate of drug-likeness (QED) is 0.423. The molecule has 1 aromatic rings. The highest BCUT2D eigenvalue weighted by Gasteiger charge is 1.96. The number of carboxylic acids is 1. The summed E-state index contributed by atoms with van der Waals surface area (Å²) in [4.78, 5) is 15.1. The summed E-state index contributed by atoms with van der Waals surface area (Å²) in [6.07, 6.45) is 3.60. The van der Waals surface area contributed by atoms with E-state index in [0.717, 1.165) is 24.2 Å². The van der Waals surface area contributed by atoms with E-state index in [-0.39, 0.29) is 13.0 Å². The third-order valence-corrected chi connectivity index (χ3v) is 2.31. The first kappa shape index (κ1) is 15.0. The van der Waals surface area contributed by atoms with E-state index in [1.165, 1.54) is 6.21 Å². The lowest BCUT2D eigenvalue weighted by Crippen LogP contribution is -2.00. The Morgan fingerprint density at radius 3 is 3.00 bits per heavy atom. The zero-order chi connectivity index (χ0) is 13.9. The smallest absolute Gasteiger partial charge is 0.306 e. The van der Waals surface area contributed by atoms with Gasteiger partial charge in [0.2, 0.25) is 0 Å². The molecule has 0 aromatic heterocycles. The number of rotatable bonds is 9. The van der Waals surface area contributed by atoms with Gasteiger partial charge in [-0.25, -0.2) is 0 Å². The van der Waals surface area contributed by atoms with Gasteiger partial charge in [-0.05, 0) is 24.1 Å². The Labute approximate surface area is 112 Å². The molecule has 1 N–H and O–H groups in total. The number of ether oxygens (including phenoxy) is 1. The summed E-state index contributed by atoms with van der Waals surface area (Å²) < 4.78 is 5.57. The summed E-state index contributed by atoms with van der Waals surface area (Å²) >= 11 is 0. The first-order chi connectivity index (χ1) is 9.22. The van der Waals surface area contributed by atoms with Gasteiger partial charge >= 0.3 is 5.97 Å². The van der Waals surface area contributed by atoms with Gasteiger partial charge in [0.1, 0.15) is 12.4 Å². The molecule has 0 atom stereocenters. The summed E-state index contributed by atoms with van der Waals surface area (Å²) in [6, 6.07) is 7.49. The highest BCUT2D eigenvalue weighted by molar-refractivity contribution is 5.79. The van der Waals surface area contributed by atoms with Crippen molar-refractivity contribution >= 4 is 12.2 Å². The number of aliphatic carboxylic acids is 1. The average Bonchev–Trinajstić information content (AvgIpc) is 2.39. The Kier molecular flexibility index (Phi) is 7.09. The van der Waals surface area contributed by atoms with Gasteiger partial charge in [0.05, 0.1) is 19.2 Å². The van der Waals surface area contributed by atoms with Crippen LogP contribution < -0.4 is 4.74 Å². The summed E-state index contributed by atoms with van der Waals surface area (Å²) in [5.74, 6) is -0.107. The third-order valence-electron chi connectivity index (χ3n) is 2.31. The van der Waals surface area contributed by atoms with E-state index >= 15 is 0 Å². The van der Waals surface area contributed by atoms with E-state index < -0.39 is 5.97 Å². The fourth-order valence-electron chi connectivity index (χ4n) is 1.30. The summed E-state index contributed by atoms with van der Waals surface area (Å²) in [6.45, 7) is 2.88. The summed E-state index contributed by atoms with van der Waals surface area (Å²) in [5.41, 5.74) is 0.851. The number of hydrogen-bond donors (Lipinski definition) is 1. The van der Waals surface area contributed by atoms with E-state index in [4.69, 9.17) is 14.7 Å². The Morgan fingerprint density at radius 1 is 1.42 bits per heavy atom. The first-order valence-electron chi connectivity index (χ1n) is 6.32. The van der Waals surface area contributed by atoms with Crippen molar-refractivity contribution in [3.05, 3.63) is 29.8 Å². The average molecular weight is 265 g/mol. The Morgan fingerprint density at radius 2 is 2.26 bits per heavy atom. The van der Waals surface area contributed by atoms with Crippen LogP contribution in [0, 0.1) is 0 Å². The van der Waals surface area contributed by atoms with E-state index in [1.54, 1.807) is 0 Å². The number of benzene rings is 1. The van der Waals surface area contributed by atoms with E-state index in [9.17, 15) is 4.79 Å². The molecule has 0 amide bonds. The van der Waals surface area contributed by atoms with Crippen LogP contribution in [0.3, 0.4) is 0 Å². The molecule has 0 heterocycles. The number of carboxylic acid groups (broad SMARTS) is 1. The van der Waals surface area contributed by atoms with Gasteiger partial charge in [-0.3, -0.25) is 4.79 Å². The molecule has 1 aromatic carbocycles. The molecule has 5 heteroatoms. The maximum atomic E-state index is 10.3. The van der Waals surface area contributed by atoms with Gasteiger partial charge in [0.15, 0.2) is 0 Å². The Balaban J connectivity index is 2.38. The number of carbonyl (C=O) groups is 1. The lowest BCUT2D eigenvalue weighted by Gasteiger charge is -2.05. The van der Waals surface area contributed by atoms with Gasteiger partial charge in [-0.15, -0.1) is 0 Å². The lowest BCUT2D eigenvalue weighted by molar-refractivity contribution is -0.138. The number of hydrogen-bond acceptors (Lipinski definition) is 4. The fraction of sp³-hybridized carbons (Fsp3) is 0.429. The topological polar surface area (TPSA) is 68.1 Å². The van der Waals surface area contributed by atoms with Gasteiger partial charge in [0, 0.05) is 0 Å². The van der Waals surface area contributed by atoms with Crippen LogP contribution in [0.5, 0.6) is 5.75 Å². The van der Waals surface area contributed by atoms with E-state index in [2.05, 4.69) is 12.1 Å². The van der Waals surface area contributed by atoms with Crippen LogP contribution in [0.15, 0.2) is 29.4 Å². The third kappa shape index (κ3) is 7.08. The van der Waals surface area contributed by atoms with Crippen LogP contribution in [0.25, 0.3) is 0 Å². The van der Waals surface area contributed by atoms with Crippen LogP contribution in [0.4, 0.5) is 0 Å². The highest BCUT2D eigenvalue weighted by atomic mass is 16.6. The molecule has 0 aliphatic carbocycles. The summed E-state index contributed by atoms with van der Waals surface area (Å²) in [5, 5.41) is 12.1. The van der Waals surface area contributed by atoms with E-state index in [0.29, 0.717) is 6.61 Å². The number of unbranched alkanes of at least 4 members (excludes halogenated alkanes) is 1. The second-order valence-electron chi connectivity index (χ2n) is 3.99. The molecule has 0 saturated carbocycles. The SMILES string of the molecule is CCCCOc1cccc(/C=N/OCCC(=O)O)c1. The monoisotopic (exact) mass is 265 g/mol. The molecular formula is C14H19NO4. The van der Waals surface area contributed by atoms with Crippen molar-refractivity contribution in [3.63, 3.8) is 0 Å². The lowest BCUT2D eigenvalue weighted by atomic mass is 10.2. The molecule has 19 heavy (non-hydrogen) atoms. The summed E-state index contributed by atoms with van der Waals surface area (Å²) in [7, 11) is 0. The zero-order valence-electron chi connectivity index (χ0n) is 11.0. The van der Waals surface area contributed by atoms with Crippen molar-refractivity contribution in [1.29, 1.82) is 0 Å². The molecule has 0 radical (unpaired) electrons. The standard InChI is InChI=1S/C14H19NO4/c1-2-3-8-18-13-6-4-5-12(10-13)11-15-19-9-7-14(16)17/h4-6,10-11H,2-3,7-9H2,1H3,(H,16,17)/b15-11+. The van der Waals surface area contributed by atoms with Gasteiger partial charge in [0.25, 0.3) is 0 Å². The zero-order valence-corrected chi connectivity index (χ0v) is 11.0. The molecule has 0 fully saturated rings. The molecule has 1 rings (SSSR count). The molecule has 0 spiro atoms. The fourth-order valence-corrected chi connectivity index (χ4v) is 1.30. The normalized spacial score (nSPS) is 10.6. The van der Waals surface area contributed by atoms with Crippen LogP contribution in [0.2, 0.25) is 0 Å². The van der Waals surface area contributed by atoms with Crippen LogP contribution in [0.1, 0.15) is 31.7 Å². The molecule has 0 bridgehead atoms. The minimum Gasteiger partial charge on any atom is -0.494 e. The highest BCUT2D eigenvalue weighted by Crippen LogP contribution is 2.12. The van der Waals surface area contributed by atoms with Gasteiger partial charge in [-0.2, -0.15) is 0 Å². The van der Waals surface area contributed by atoms with Crippen LogP contribution in [-0.4, -0.2) is 30.5 Å². The molecule has 0 aliphatic heterocycles. The number of oxime groups is 1. The van der Waals surface area contributed by atoms with Crippen LogP contribution in [-0.2, 0) is 9.63 Å². The molecule has 5 nitrogen and oxygen atoms in total. The first-order valence-corrected chi connectivity index (χ1v) is 6.32. The maximum absolute atomic E-state index is 10.3. The minimum atomic E-state index is -0.901. The molecule has 104 valence electrons. The van der Waals surface area contributed by atoms with Crippen LogP contribution >= 0.6 is 0 Å². The largest absolute Gasteiger partial charge is 0.494 e. The van der Waals surface area contributed by atoms with Crippen molar-refractivity contribution in [2.45, 2.75) is 26.2 Å². The van der Waals surface area contributed by atoms with Crippen molar-refractivity contribution in [1.82, 2.24) is 0 Å². The molecule has 0 unspecified atom stereocenters. The Hall–Kier alpha value is -2.04. The molecular weight excluding hydrogens is 246 g/mol. The maximum Gasteiger partial charge on any atom is 0.306 e.